The molecule has 0 aliphatic heterocycles. The highest BCUT2D eigenvalue weighted by Crippen LogP contribution is 2.15. The van der Waals surface area contributed by atoms with Crippen molar-refractivity contribution in [2.45, 2.75) is 12.6 Å². The Morgan fingerprint density at radius 3 is 3.00 bits per heavy atom. The molecule has 1 heterocycles. The van der Waals surface area contributed by atoms with Crippen molar-refractivity contribution >= 4 is 28.8 Å². The lowest BCUT2D eigenvalue weighted by molar-refractivity contribution is -0.120. The molecule has 0 saturated heterocycles. The zero-order valence-corrected chi connectivity index (χ0v) is 13.1. The van der Waals surface area contributed by atoms with Gasteiger partial charge in [0.25, 0.3) is 5.91 Å². The molecule has 0 bridgehead atoms. The average Bonchev–Trinajstić information content (AvgIpc) is 2.89. The molecule has 0 spiro atoms. The Morgan fingerprint density at radius 1 is 1.52 bits per heavy atom. The molecule has 7 heteroatoms. The highest BCUT2D eigenvalue weighted by Gasteiger charge is 2.12. The van der Waals surface area contributed by atoms with Gasteiger partial charge in [-0.3, -0.25) is 4.79 Å². The van der Waals surface area contributed by atoms with Crippen molar-refractivity contribution in [1.82, 2.24) is 4.57 Å². The van der Waals surface area contributed by atoms with Crippen molar-refractivity contribution in [3.05, 3.63) is 51.2 Å². The van der Waals surface area contributed by atoms with Crippen LogP contribution in [0.2, 0.25) is 5.02 Å². The molecule has 0 saturated carbocycles. The van der Waals surface area contributed by atoms with Gasteiger partial charge in [-0.1, -0.05) is 29.8 Å². The Kier molecular flexibility index (Phi) is 5.69. The second kappa shape index (κ2) is 7.51. The zero-order valence-electron chi connectivity index (χ0n) is 11.5. The summed E-state index contributed by atoms with van der Waals surface area (Å²) in [5.41, 5.74) is 6.64. The third kappa shape index (κ3) is 4.25. The van der Waals surface area contributed by atoms with Gasteiger partial charge >= 0.3 is 0 Å². The van der Waals surface area contributed by atoms with Crippen molar-refractivity contribution in [2.75, 3.05) is 13.7 Å². The smallest absolute Gasteiger partial charge is 0.267 e. The Balaban J connectivity index is 2.23. The average molecular weight is 326 g/mol. The van der Waals surface area contributed by atoms with Gasteiger partial charge in [-0.05, 0) is 11.6 Å². The fourth-order valence-corrected chi connectivity index (χ4v) is 2.67. The third-order valence-electron chi connectivity index (χ3n) is 2.83. The predicted molar refractivity (Wildman–Crippen MR) is 83.3 cm³/mol. The number of amides is 1. The number of rotatable bonds is 5. The number of hydrogen-bond donors (Lipinski definition) is 1. The molecule has 112 valence electrons. The van der Waals surface area contributed by atoms with Gasteiger partial charge in [0.15, 0.2) is 4.80 Å². The summed E-state index contributed by atoms with van der Waals surface area (Å²) in [6.45, 7) is 0.701. The molecule has 2 aromatic rings. The van der Waals surface area contributed by atoms with Gasteiger partial charge in [0.1, 0.15) is 6.04 Å². The molecule has 2 N–H and O–H groups in total. The lowest BCUT2D eigenvalue weighted by Gasteiger charge is -2.06. The van der Waals surface area contributed by atoms with Gasteiger partial charge in [-0.2, -0.15) is 4.99 Å². The maximum absolute atomic E-state index is 11.9. The molecule has 21 heavy (non-hydrogen) atoms. The SMILES string of the molecule is COCC(N)C(=O)N=c1sccn1Cc1ccccc1Cl. The largest absolute Gasteiger partial charge is 0.383 e. The van der Waals surface area contributed by atoms with E-state index in [9.17, 15) is 4.79 Å². The molecule has 1 unspecified atom stereocenters. The molecule has 1 atom stereocenters. The first-order valence-corrected chi connectivity index (χ1v) is 7.58. The van der Waals surface area contributed by atoms with Crippen LogP contribution in [0.15, 0.2) is 40.8 Å². The molecule has 2 rings (SSSR count). The normalized spacial score (nSPS) is 13.4. The summed E-state index contributed by atoms with van der Waals surface area (Å²) < 4.78 is 6.72. The summed E-state index contributed by atoms with van der Waals surface area (Å²) in [5, 5.41) is 2.55. The van der Waals surface area contributed by atoms with E-state index in [0.29, 0.717) is 16.4 Å². The summed E-state index contributed by atoms with van der Waals surface area (Å²) in [6, 6.07) is 6.83. The Morgan fingerprint density at radius 2 is 2.29 bits per heavy atom. The molecule has 1 aromatic carbocycles. The molecule has 0 aliphatic carbocycles. The van der Waals surface area contributed by atoms with Crippen LogP contribution in [0.3, 0.4) is 0 Å². The first kappa shape index (κ1) is 15.9. The topological polar surface area (TPSA) is 69.6 Å². The van der Waals surface area contributed by atoms with Crippen molar-refractivity contribution in [1.29, 1.82) is 0 Å². The van der Waals surface area contributed by atoms with Crippen LogP contribution in [-0.4, -0.2) is 30.2 Å². The Bertz CT molecular complexity index is 681. The van der Waals surface area contributed by atoms with E-state index in [1.165, 1.54) is 18.4 Å². The maximum atomic E-state index is 11.9. The number of nitrogens with zero attached hydrogens (tertiary/aromatic N) is 2. The predicted octanol–water partition coefficient (Wildman–Crippen LogP) is 1.65. The van der Waals surface area contributed by atoms with Gasteiger partial charge < -0.3 is 15.0 Å². The Hall–Kier alpha value is -1.47. The molecule has 0 aliphatic rings. The van der Waals surface area contributed by atoms with Gasteiger partial charge in [-0.15, -0.1) is 11.3 Å². The minimum Gasteiger partial charge on any atom is -0.383 e. The van der Waals surface area contributed by atoms with Crippen LogP contribution in [0.5, 0.6) is 0 Å². The van der Waals surface area contributed by atoms with Crippen LogP contribution in [0, 0.1) is 0 Å². The number of thiazole rings is 1. The highest BCUT2D eigenvalue weighted by atomic mass is 35.5. The molecular formula is C14H16ClN3O2S. The second-order valence-corrected chi connectivity index (χ2v) is 5.70. The fourth-order valence-electron chi connectivity index (χ4n) is 1.75. The summed E-state index contributed by atoms with van der Waals surface area (Å²) in [7, 11) is 1.50. The van der Waals surface area contributed by atoms with Crippen LogP contribution in [-0.2, 0) is 16.1 Å². The molecular weight excluding hydrogens is 310 g/mol. The maximum Gasteiger partial charge on any atom is 0.267 e. The van der Waals surface area contributed by atoms with E-state index >= 15 is 0 Å². The van der Waals surface area contributed by atoms with Crippen LogP contribution in [0.4, 0.5) is 0 Å². The summed E-state index contributed by atoms with van der Waals surface area (Å²) in [5.74, 6) is -0.396. The quantitative estimate of drug-likeness (QED) is 0.908. The Labute approximate surface area is 131 Å². The number of benzene rings is 1. The lowest BCUT2D eigenvalue weighted by Crippen LogP contribution is -2.35. The summed E-state index contributed by atoms with van der Waals surface area (Å²) in [6.07, 6.45) is 1.86. The molecule has 0 fully saturated rings. The first-order chi connectivity index (χ1) is 10.1. The molecule has 5 nitrogen and oxygen atoms in total. The highest BCUT2D eigenvalue weighted by molar-refractivity contribution is 7.07. The van der Waals surface area contributed by atoms with E-state index in [1.54, 1.807) is 0 Å². The molecule has 0 radical (unpaired) electrons. The van der Waals surface area contributed by atoms with E-state index < -0.39 is 11.9 Å². The van der Waals surface area contributed by atoms with Crippen molar-refractivity contribution in [3.8, 4) is 0 Å². The van der Waals surface area contributed by atoms with Crippen LogP contribution in [0.1, 0.15) is 5.56 Å². The van der Waals surface area contributed by atoms with E-state index in [0.717, 1.165) is 5.56 Å². The summed E-state index contributed by atoms with van der Waals surface area (Å²) >= 11 is 7.52. The fraction of sp³-hybridized carbons (Fsp3) is 0.286. The van der Waals surface area contributed by atoms with Gasteiger partial charge in [0.2, 0.25) is 0 Å². The monoisotopic (exact) mass is 325 g/mol. The standard InChI is InChI=1S/C14H16ClN3O2S/c1-20-9-12(16)13(19)17-14-18(6-7-21-14)8-10-4-2-3-5-11(10)15/h2-7,12H,8-9,16H2,1H3. The van der Waals surface area contributed by atoms with Crippen molar-refractivity contribution < 1.29 is 9.53 Å². The van der Waals surface area contributed by atoms with Crippen LogP contribution < -0.4 is 10.5 Å². The minimum absolute atomic E-state index is 0.151. The molecule has 1 aromatic heterocycles. The number of hydrogen-bond acceptors (Lipinski definition) is 4. The zero-order chi connectivity index (χ0) is 15.2. The van der Waals surface area contributed by atoms with Crippen molar-refractivity contribution in [3.63, 3.8) is 0 Å². The number of carbonyl (C=O) groups excluding carboxylic acids is 1. The summed E-state index contributed by atoms with van der Waals surface area (Å²) in [4.78, 5) is 16.5. The number of halogens is 1. The van der Waals surface area contributed by atoms with Crippen molar-refractivity contribution in [2.24, 2.45) is 10.7 Å². The van der Waals surface area contributed by atoms with Gasteiger partial charge in [0.05, 0.1) is 13.2 Å². The first-order valence-electron chi connectivity index (χ1n) is 6.32. The van der Waals surface area contributed by atoms with E-state index in [1.807, 2.05) is 40.4 Å². The number of carbonyl (C=O) groups is 1. The number of ether oxygens (including phenoxy) is 1. The number of aromatic nitrogens is 1. The third-order valence-corrected chi connectivity index (χ3v) is 3.99. The second-order valence-electron chi connectivity index (χ2n) is 4.42. The van der Waals surface area contributed by atoms with E-state index in [2.05, 4.69) is 4.99 Å². The van der Waals surface area contributed by atoms with Gasteiger partial charge in [0, 0.05) is 23.7 Å². The van der Waals surface area contributed by atoms with Gasteiger partial charge in [-0.25, -0.2) is 0 Å². The van der Waals surface area contributed by atoms with E-state index in [-0.39, 0.29) is 6.61 Å². The number of nitrogens with two attached hydrogens (primary N) is 1. The minimum atomic E-state index is -0.745. The van der Waals surface area contributed by atoms with Crippen LogP contribution in [0.25, 0.3) is 0 Å². The number of methoxy groups -OCH3 is 1. The van der Waals surface area contributed by atoms with E-state index in [4.69, 9.17) is 22.1 Å². The lowest BCUT2D eigenvalue weighted by atomic mass is 10.2. The molecule has 1 amide bonds. The van der Waals surface area contributed by atoms with Crippen LogP contribution >= 0.6 is 22.9 Å².